The molecule has 0 aliphatic carbocycles. The van der Waals surface area contributed by atoms with Crippen molar-refractivity contribution in [3.8, 4) is 0 Å². The van der Waals surface area contributed by atoms with E-state index >= 15 is 0 Å². The van der Waals surface area contributed by atoms with Gasteiger partial charge >= 0.3 is 0 Å². The lowest BCUT2D eigenvalue weighted by atomic mass is 10.0. The Bertz CT molecular complexity index is 516. The maximum Gasteiger partial charge on any atom is 0.0392 e. The van der Waals surface area contributed by atoms with Crippen LogP contribution < -0.4 is 5.73 Å². The van der Waals surface area contributed by atoms with Gasteiger partial charge in [-0.05, 0) is 34.4 Å². The lowest BCUT2D eigenvalue weighted by Crippen LogP contribution is -2.13. The predicted octanol–water partition coefficient (Wildman–Crippen LogP) is 4.62. The van der Waals surface area contributed by atoms with Crippen molar-refractivity contribution in [3.63, 3.8) is 0 Å². The van der Waals surface area contributed by atoms with E-state index in [1.165, 1.54) is 28.5 Å². The molecule has 1 atom stereocenters. The number of fused-ring (bicyclic) bond motifs is 1. The Kier molecular flexibility index (Phi) is 5.29. The fraction of sp³-hybridized carbons (Fsp3) is 0.412. The van der Waals surface area contributed by atoms with Gasteiger partial charge in [0.1, 0.15) is 0 Å². The van der Waals surface area contributed by atoms with Gasteiger partial charge in [-0.15, -0.1) is 0 Å². The number of hydrogen-bond donors (Lipinski definition) is 1. The molecule has 0 saturated carbocycles. The van der Waals surface area contributed by atoms with E-state index in [4.69, 9.17) is 5.73 Å². The van der Waals surface area contributed by atoms with Gasteiger partial charge < -0.3 is 5.73 Å². The highest BCUT2D eigenvalue weighted by Gasteiger charge is 2.09. The minimum atomic E-state index is 0.128. The Morgan fingerprint density at radius 1 is 1.05 bits per heavy atom. The zero-order valence-electron chi connectivity index (χ0n) is 11.8. The Balaban J connectivity index is 2.03. The van der Waals surface area contributed by atoms with E-state index in [-0.39, 0.29) is 6.04 Å². The van der Waals surface area contributed by atoms with Gasteiger partial charge in [0, 0.05) is 11.8 Å². The summed E-state index contributed by atoms with van der Waals surface area (Å²) in [6.45, 7) is 4.54. The molecule has 2 heteroatoms. The van der Waals surface area contributed by atoms with Gasteiger partial charge in [0.2, 0.25) is 0 Å². The number of thioether (sulfide) groups is 1. The molecule has 2 aromatic carbocycles. The molecule has 0 radical (unpaired) electrons. The predicted molar refractivity (Wildman–Crippen MR) is 87.7 cm³/mol. The topological polar surface area (TPSA) is 26.0 Å². The Hall–Kier alpha value is -0.990. The molecule has 2 aromatic rings. The van der Waals surface area contributed by atoms with Crippen molar-refractivity contribution in [3.05, 3.63) is 48.0 Å². The van der Waals surface area contributed by atoms with Crippen LogP contribution in [0, 0.1) is 5.92 Å². The van der Waals surface area contributed by atoms with Crippen LogP contribution in [0.15, 0.2) is 42.5 Å². The minimum Gasteiger partial charge on any atom is -0.323 e. The first kappa shape index (κ1) is 14.4. The Morgan fingerprint density at radius 2 is 1.79 bits per heavy atom. The molecule has 0 aliphatic rings. The van der Waals surface area contributed by atoms with Crippen molar-refractivity contribution in [1.82, 2.24) is 0 Å². The van der Waals surface area contributed by atoms with Crippen molar-refractivity contribution >= 4 is 22.5 Å². The van der Waals surface area contributed by atoms with Crippen molar-refractivity contribution in [2.24, 2.45) is 11.7 Å². The third-order valence-electron chi connectivity index (χ3n) is 3.36. The summed E-state index contributed by atoms with van der Waals surface area (Å²) in [5.41, 5.74) is 7.63. The molecule has 1 unspecified atom stereocenters. The quantitative estimate of drug-likeness (QED) is 0.777. The van der Waals surface area contributed by atoms with E-state index in [0.717, 1.165) is 11.7 Å². The first-order valence-corrected chi connectivity index (χ1v) is 8.15. The van der Waals surface area contributed by atoms with Crippen LogP contribution in [0.4, 0.5) is 0 Å². The van der Waals surface area contributed by atoms with Crippen LogP contribution >= 0.6 is 11.8 Å². The van der Waals surface area contributed by atoms with Crippen molar-refractivity contribution in [2.75, 3.05) is 11.5 Å². The first-order valence-electron chi connectivity index (χ1n) is 6.99. The standard InChI is InChI=1S/C17H23NS/c1-13(2)10-11-19-12-17(18)16-9-5-7-14-6-3-4-8-15(14)16/h3-9,13,17H,10-12,18H2,1-2H3. The number of hydrogen-bond acceptors (Lipinski definition) is 2. The highest BCUT2D eigenvalue weighted by atomic mass is 32.2. The maximum atomic E-state index is 6.36. The molecule has 19 heavy (non-hydrogen) atoms. The van der Waals surface area contributed by atoms with E-state index in [1.54, 1.807) is 0 Å². The fourth-order valence-corrected chi connectivity index (χ4v) is 3.43. The van der Waals surface area contributed by atoms with Crippen LogP contribution in [0.3, 0.4) is 0 Å². The summed E-state index contributed by atoms with van der Waals surface area (Å²) < 4.78 is 0. The van der Waals surface area contributed by atoms with Crippen LogP contribution in [0.25, 0.3) is 10.8 Å². The minimum absolute atomic E-state index is 0.128. The van der Waals surface area contributed by atoms with Crippen molar-refractivity contribution < 1.29 is 0 Å². The molecule has 0 fully saturated rings. The monoisotopic (exact) mass is 273 g/mol. The summed E-state index contributed by atoms with van der Waals surface area (Å²) in [5, 5.41) is 2.57. The molecule has 0 spiro atoms. The average molecular weight is 273 g/mol. The van der Waals surface area contributed by atoms with Crippen LogP contribution in [0.5, 0.6) is 0 Å². The third kappa shape index (κ3) is 3.99. The average Bonchev–Trinajstić information content (AvgIpc) is 2.42. The second-order valence-electron chi connectivity index (χ2n) is 5.43. The van der Waals surface area contributed by atoms with Crippen molar-refractivity contribution in [2.45, 2.75) is 26.3 Å². The fourth-order valence-electron chi connectivity index (χ4n) is 2.19. The summed E-state index contributed by atoms with van der Waals surface area (Å²) in [4.78, 5) is 0. The van der Waals surface area contributed by atoms with Gasteiger partial charge in [-0.3, -0.25) is 0 Å². The van der Waals surface area contributed by atoms with Gasteiger partial charge in [-0.1, -0.05) is 56.3 Å². The summed E-state index contributed by atoms with van der Waals surface area (Å²) in [5.74, 6) is 2.98. The molecule has 0 aliphatic heterocycles. The third-order valence-corrected chi connectivity index (χ3v) is 4.48. The van der Waals surface area contributed by atoms with E-state index < -0.39 is 0 Å². The van der Waals surface area contributed by atoms with E-state index in [9.17, 15) is 0 Å². The summed E-state index contributed by atoms with van der Waals surface area (Å²) >= 11 is 1.97. The summed E-state index contributed by atoms with van der Waals surface area (Å²) in [6, 6.07) is 15.0. The number of nitrogens with two attached hydrogens (primary N) is 1. The van der Waals surface area contributed by atoms with Crippen LogP contribution in [0.2, 0.25) is 0 Å². The van der Waals surface area contributed by atoms with Gasteiger partial charge in [0.15, 0.2) is 0 Å². The van der Waals surface area contributed by atoms with Gasteiger partial charge in [-0.25, -0.2) is 0 Å². The molecule has 2 N–H and O–H groups in total. The van der Waals surface area contributed by atoms with Gasteiger partial charge in [-0.2, -0.15) is 11.8 Å². The van der Waals surface area contributed by atoms with E-state index in [1.807, 2.05) is 11.8 Å². The first-order chi connectivity index (χ1) is 9.18. The molecule has 0 amide bonds. The molecule has 1 nitrogen and oxygen atoms in total. The molecule has 0 bridgehead atoms. The zero-order valence-corrected chi connectivity index (χ0v) is 12.6. The molecular formula is C17H23NS. The second kappa shape index (κ2) is 6.97. The van der Waals surface area contributed by atoms with E-state index in [2.05, 4.69) is 56.3 Å². The van der Waals surface area contributed by atoms with Crippen LogP contribution in [0.1, 0.15) is 31.9 Å². The van der Waals surface area contributed by atoms with Crippen molar-refractivity contribution in [1.29, 1.82) is 0 Å². The SMILES string of the molecule is CC(C)CCSCC(N)c1cccc2ccccc12. The zero-order chi connectivity index (χ0) is 13.7. The largest absolute Gasteiger partial charge is 0.323 e. The molecule has 0 saturated heterocycles. The lowest BCUT2D eigenvalue weighted by Gasteiger charge is -2.15. The van der Waals surface area contributed by atoms with Crippen LogP contribution in [-0.2, 0) is 0 Å². The van der Waals surface area contributed by atoms with Gasteiger partial charge in [0.25, 0.3) is 0 Å². The molecule has 0 aromatic heterocycles. The normalized spacial score (nSPS) is 13.1. The second-order valence-corrected chi connectivity index (χ2v) is 6.58. The summed E-state index contributed by atoms with van der Waals surface area (Å²) in [6.07, 6.45) is 1.27. The van der Waals surface area contributed by atoms with Gasteiger partial charge in [0.05, 0.1) is 0 Å². The van der Waals surface area contributed by atoms with E-state index in [0.29, 0.717) is 0 Å². The Morgan fingerprint density at radius 3 is 2.58 bits per heavy atom. The highest BCUT2D eigenvalue weighted by Crippen LogP contribution is 2.25. The highest BCUT2D eigenvalue weighted by molar-refractivity contribution is 7.99. The number of rotatable bonds is 6. The molecule has 2 rings (SSSR count). The lowest BCUT2D eigenvalue weighted by molar-refractivity contribution is 0.631. The molecule has 102 valence electrons. The smallest absolute Gasteiger partial charge is 0.0392 e. The summed E-state index contributed by atoms with van der Waals surface area (Å²) in [7, 11) is 0. The maximum absolute atomic E-state index is 6.36. The molecular weight excluding hydrogens is 250 g/mol. The Labute approximate surface area is 120 Å². The number of benzene rings is 2. The molecule has 0 heterocycles. The van der Waals surface area contributed by atoms with Crippen LogP contribution in [-0.4, -0.2) is 11.5 Å².